The Labute approximate surface area is 135 Å². The smallest absolute Gasteiger partial charge is 0.481 e. The lowest BCUT2D eigenvalue weighted by atomic mass is 9.80. The lowest BCUT2D eigenvalue weighted by Crippen LogP contribution is -2.37. The molecular formula is C14H16F3NO4S. The number of hydrogen-bond donors (Lipinski definition) is 3. The molecule has 9 heteroatoms. The number of carboxylic acid groups (broad SMARTS) is 2. The standard InChI is InChI=1S/C12H15NO2S.C2HF3O2/c14-11(15)12(5-1-4-10(12)16)7-9-3-2-6-13-8-9;3-2(4,5)1(6)7/h2-3,6,8,10,16H,1,4-5,7H2,(H,14,15);(H,6,7). The van der Waals surface area contributed by atoms with Crippen molar-refractivity contribution in [3.8, 4) is 0 Å². The van der Waals surface area contributed by atoms with Gasteiger partial charge in [-0.05, 0) is 30.9 Å². The highest BCUT2D eigenvalue weighted by Gasteiger charge is 2.47. The molecule has 1 heterocycles. The number of thiol groups is 1. The van der Waals surface area contributed by atoms with E-state index in [9.17, 15) is 23.1 Å². The van der Waals surface area contributed by atoms with E-state index < -0.39 is 23.5 Å². The van der Waals surface area contributed by atoms with E-state index in [0.717, 1.165) is 18.4 Å². The van der Waals surface area contributed by atoms with E-state index in [0.29, 0.717) is 12.8 Å². The van der Waals surface area contributed by atoms with Crippen molar-refractivity contribution in [3.63, 3.8) is 0 Å². The Morgan fingerprint density at radius 2 is 2.00 bits per heavy atom. The molecule has 1 aromatic rings. The molecule has 2 unspecified atom stereocenters. The van der Waals surface area contributed by atoms with Crippen molar-refractivity contribution in [2.24, 2.45) is 5.41 Å². The number of aliphatic carboxylic acids is 2. The van der Waals surface area contributed by atoms with Crippen molar-refractivity contribution in [1.29, 1.82) is 0 Å². The molecule has 0 spiro atoms. The molecule has 5 nitrogen and oxygen atoms in total. The van der Waals surface area contributed by atoms with Crippen LogP contribution in [0.15, 0.2) is 24.5 Å². The number of pyridine rings is 1. The van der Waals surface area contributed by atoms with Gasteiger partial charge in [0.15, 0.2) is 0 Å². The molecule has 0 saturated heterocycles. The van der Waals surface area contributed by atoms with Crippen LogP contribution in [-0.4, -0.2) is 38.6 Å². The molecule has 1 aliphatic rings. The third kappa shape index (κ3) is 5.12. The average Bonchev–Trinajstić information content (AvgIpc) is 2.82. The molecule has 2 rings (SSSR count). The molecule has 0 amide bonds. The maximum absolute atomic E-state index is 11.5. The second kappa shape index (κ2) is 7.67. The Bertz CT molecular complexity index is 553. The monoisotopic (exact) mass is 351 g/mol. The SMILES string of the molecule is O=C(O)C(F)(F)F.O=C(O)C1(Cc2cccnc2)CCCC1S. The van der Waals surface area contributed by atoms with Crippen LogP contribution in [0, 0.1) is 5.41 Å². The lowest BCUT2D eigenvalue weighted by molar-refractivity contribution is -0.192. The predicted octanol–water partition coefficient (Wildman–Crippen LogP) is 2.81. The summed E-state index contributed by atoms with van der Waals surface area (Å²) in [5, 5.41) is 16.5. The number of carboxylic acids is 2. The number of hydrogen-bond acceptors (Lipinski definition) is 4. The van der Waals surface area contributed by atoms with Crippen molar-refractivity contribution in [3.05, 3.63) is 30.1 Å². The molecule has 0 radical (unpaired) electrons. The number of nitrogens with zero attached hydrogens (tertiary/aromatic N) is 1. The van der Waals surface area contributed by atoms with Crippen molar-refractivity contribution in [2.45, 2.75) is 37.1 Å². The van der Waals surface area contributed by atoms with E-state index in [2.05, 4.69) is 17.6 Å². The van der Waals surface area contributed by atoms with Gasteiger partial charge in [0.1, 0.15) is 0 Å². The summed E-state index contributed by atoms with van der Waals surface area (Å²) in [7, 11) is 0. The van der Waals surface area contributed by atoms with Crippen LogP contribution in [0.3, 0.4) is 0 Å². The van der Waals surface area contributed by atoms with E-state index >= 15 is 0 Å². The molecule has 0 aliphatic heterocycles. The van der Waals surface area contributed by atoms with Gasteiger partial charge in [-0.3, -0.25) is 9.78 Å². The zero-order valence-corrected chi connectivity index (χ0v) is 12.8. The topological polar surface area (TPSA) is 87.5 Å². The van der Waals surface area contributed by atoms with Gasteiger partial charge in [-0.2, -0.15) is 25.8 Å². The van der Waals surface area contributed by atoms with Crippen LogP contribution in [0.4, 0.5) is 13.2 Å². The van der Waals surface area contributed by atoms with Gasteiger partial charge in [0.05, 0.1) is 5.41 Å². The normalized spacial score (nSPS) is 23.7. The maximum Gasteiger partial charge on any atom is 0.490 e. The fourth-order valence-corrected chi connectivity index (χ4v) is 2.97. The third-order valence-electron chi connectivity index (χ3n) is 3.65. The number of carbonyl (C=O) groups is 2. The molecule has 128 valence electrons. The molecular weight excluding hydrogens is 335 g/mol. The lowest BCUT2D eigenvalue weighted by Gasteiger charge is -2.28. The fourth-order valence-electron chi connectivity index (χ4n) is 2.45. The van der Waals surface area contributed by atoms with E-state index in [1.54, 1.807) is 12.4 Å². The highest BCUT2D eigenvalue weighted by molar-refractivity contribution is 7.81. The zero-order valence-electron chi connectivity index (χ0n) is 12.0. The quantitative estimate of drug-likeness (QED) is 0.729. The zero-order chi connectivity index (χ0) is 17.7. The molecule has 2 atom stereocenters. The summed E-state index contributed by atoms with van der Waals surface area (Å²) in [5.74, 6) is -3.48. The van der Waals surface area contributed by atoms with Crippen LogP contribution in [0.25, 0.3) is 0 Å². The van der Waals surface area contributed by atoms with Crippen LogP contribution in [0.5, 0.6) is 0 Å². The largest absolute Gasteiger partial charge is 0.490 e. The Morgan fingerprint density at radius 1 is 1.39 bits per heavy atom. The number of aromatic nitrogens is 1. The van der Waals surface area contributed by atoms with Gasteiger partial charge in [0.2, 0.25) is 0 Å². The Kier molecular flexibility index (Phi) is 6.43. The Morgan fingerprint density at radius 3 is 2.35 bits per heavy atom. The summed E-state index contributed by atoms with van der Waals surface area (Å²) < 4.78 is 31.7. The average molecular weight is 351 g/mol. The maximum atomic E-state index is 11.5. The minimum atomic E-state index is -5.08. The Balaban J connectivity index is 0.000000322. The molecule has 1 fully saturated rings. The van der Waals surface area contributed by atoms with Crippen molar-refractivity contribution in [2.75, 3.05) is 0 Å². The van der Waals surface area contributed by atoms with Crippen molar-refractivity contribution >= 4 is 24.6 Å². The first kappa shape index (κ1) is 19.3. The van der Waals surface area contributed by atoms with Gasteiger partial charge in [-0.15, -0.1) is 0 Å². The van der Waals surface area contributed by atoms with Crippen LogP contribution in [0.2, 0.25) is 0 Å². The summed E-state index contributed by atoms with van der Waals surface area (Å²) in [4.78, 5) is 24.4. The highest BCUT2D eigenvalue weighted by Crippen LogP contribution is 2.44. The van der Waals surface area contributed by atoms with E-state index in [1.165, 1.54) is 0 Å². The fraction of sp³-hybridized carbons (Fsp3) is 0.500. The van der Waals surface area contributed by atoms with E-state index in [4.69, 9.17) is 9.90 Å². The number of alkyl halides is 3. The van der Waals surface area contributed by atoms with Crippen LogP contribution in [0.1, 0.15) is 24.8 Å². The van der Waals surface area contributed by atoms with Crippen LogP contribution in [-0.2, 0) is 16.0 Å². The first-order chi connectivity index (χ1) is 10.6. The van der Waals surface area contributed by atoms with E-state index in [1.807, 2.05) is 12.1 Å². The first-order valence-corrected chi connectivity index (χ1v) is 7.22. The summed E-state index contributed by atoms with van der Waals surface area (Å²) in [5.41, 5.74) is 0.275. The summed E-state index contributed by atoms with van der Waals surface area (Å²) in [6, 6.07) is 3.77. The van der Waals surface area contributed by atoms with Gasteiger partial charge in [0.25, 0.3) is 0 Å². The van der Waals surface area contributed by atoms with Crippen LogP contribution < -0.4 is 0 Å². The minimum absolute atomic E-state index is 0.0507. The predicted molar refractivity (Wildman–Crippen MR) is 78.3 cm³/mol. The number of halogens is 3. The third-order valence-corrected chi connectivity index (χ3v) is 4.40. The first-order valence-electron chi connectivity index (χ1n) is 6.70. The van der Waals surface area contributed by atoms with Gasteiger partial charge >= 0.3 is 18.1 Å². The van der Waals surface area contributed by atoms with Crippen molar-refractivity contribution in [1.82, 2.24) is 4.98 Å². The molecule has 1 saturated carbocycles. The van der Waals surface area contributed by atoms with Gasteiger partial charge in [-0.1, -0.05) is 12.5 Å². The molecule has 1 aliphatic carbocycles. The summed E-state index contributed by atoms with van der Waals surface area (Å²) in [6.45, 7) is 0. The molecule has 1 aromatic heterocycles. The van der Waals surface area contributed by atoms with E-state index in [-0.39, 0.29) is 5.25 Å². The molecule has 0 aromatic carbocycles. The Hall–Kier alpha value is -1.77. The van der Waals surface area contributed by atoms with Gasteiger partial charge in [-0.25, -0.2) is 4.79 Å². The molecule has 0 bridgehead atoms. The van der Waals surface area contributed by atoms with Crippen LogP contribution >= 0.6 is 12.6 Å². The summed E-state index contributed by atoms with van der Waals surface area (Å²) in [6.07, 6.45) is 1.43. The highest BCUT2D eigenvalue weighted by atomic mass is 32.1. The molecule has 23 heavy (non-hydrogen) atoms. The van der Waals surface area contributed by atoms with Crippen molar-refractivity contribution < 1.29 is 33.0 Å². The summed E-state index contributed by atoms with van der Waals surface area (Å²) >= 11 is 4.44. The van der Waals surface area contributed by atoms with Gasteiger partial charge < -0.3 is 10.2 Å². The van der Waals surface area contributed by atoms with Gasteiger partial charge in [0, 0.05) is 17.6 Å². The second-order valence-corrected chi connectivity index (χ2v) is 5.83. The minimum Gasteiger partial charge on any atom is -0.481 e. The number of rotatable bonds is 3. The second-order valence-electron chi connectivity index (χ2n) is 5.21. The molecule has 2 N–H and O–H groups in total.